The Kier molecular flexibility index (Phi) is 5.63. The smallest absolute Gasteiger partial charge is 0.325 e. The van der Waals surface area contributed by atoms with Crippen LogP contribution in [0.5, 0.6) is 0 Å². The van der Waals surface area contributed by atoms with Crippen molar-refractivity contribution in [2.75, 3.05) is 19.6 Å². The molecule has 3 N–H and O–H groups in total. The maximum absolute atomic E-state index is 12.7. The van der Waals surface area contributed by atoms with Gasteiger partial charge in [-0.25, -0.2) is 4.79 Å². The number of likely N-dealkylation sites (N-methyl/N-ethyl adjacent to an activating group) is 1. The zero-order valence-electron chi connectivity index (χ0n) is 15.4. The van der Waals surface area contributed by atoms with Crippen LogP contribution in [0.3, 0.4) is 0 Å². The van der Waals surface area contributed by atoms with Gasteiger partial charge in [0.25, 0.3) is 0 Å². The summed E-state index contributed by atoms with van der Waals surface area (Å²) in [5.74, 6) is -2.54. The highest BCUT2D eigenvalue weighted by Gasteiger charge is 2.41. The van der Waals surface area contributed by atoms with E-state index in [1.165, 1.54) is 16.2 Å². The average Bonchev–Trinajstić information content (AvgIpc) is 3.20. The predicted octanol–water partition coefficient (Wildman–Crippen LogP) is -0.807. The number of urea groups is 1. The van der Waals surface area contributed by atoms with Gasteiger partial charge in [-0.05, 0) is 25.3 Å². The third-order valence-corrected chi connectivity index (χ3v) is 5.66. The summed E-state index contributed by atoms with van der Waals surface area (Å²) in [6.07, 6.45) is 0. The minimum Gasteiger partial charge on any atom is -0.352 e. The first kappa shape index (κ1) is 19.8. The van der Waals surface area contributed by atoms with Crippen LogP contribution in [0.4, 0.5) is 4.79 Å². The molecule has 10 nitrogen and oxygen atoms in total. The molecule has 6 amide bonds. The van der Waals surface area contributed by atoms with Gasteiger partial charge < -0.3 is 20.9 Å². The van der Waals surface area contributed by atoms with E-state index in [-0.39, 0.29) is 18.5 Å². The largest absolute Gasteiger partial charge is 0.352 e. The predicted molar refractivity (Wildman–Crippen MR) is 99.1 cm³/mol. The Bertz CT molecular complexity index is 811. The lowest BCUT2D eigenvalue weighted by Gasteiger charge is -2.37. The molecule has 3 rings (SSSR count). The van der Waals surface area contributed by atoms with Crippen molar-refractivity contribution in [3.63, 3.8) is 0 Å². The maximum Gasteiger partial charge on any atom is 0.325 e. The van der Waals surface area contributed by atoms with Crippen LogP contribution in [0.2, 0.25) is 0 Å². The molecular formula is C17H21N5O5S. The Hall–Kier alpha value is -2.95. The SMILES string of the molecule is CCN1C(=O)C(=O)N(C(=O)NC(C(=O)NC2CNC2=O)c2cccs2)CC1C. The Morgan fingerprint density at radius 1 is 1.32 bits per heavy atom. The van der Waals surface area contributed by atoms with Crippen LogP contribution in [0, 0.1) is 0 Å². The van der Waals surface area contributed by atoms with Gasteiger partial charge in [0.15, 0.2) is 0 Å². The molecule has 2 saturated heterocycles. The van der Waals surface area contributed by atoms with Crippen LogP contribution >= 0.6 is 11.3 Å². The quantitative estimate of drug-likeness (QED) is 0.435. The lowest BCUT2D eigenvalue weighted by molar-refractivity contribution is -0.156. The summed E-state index contributed by atoms with van der Waals surface area (Å²) < 4.78 is 0. The molecule has 1 aromatic heterocycles. The number of imide groups is 1. The first-order valence-electron chi connectivity index (χ1n) is 8.88. The van der Waals surface area contributed by atoms with Crippen LogP contribution < -0.4 is 16.0 Å². The molecule has 150 valence electrons. The summed E-state index contributed by atoms with van der Waals surface area (Å²) in [6, 6.07) is 0.507. The highest BCUT2D eigenvalue weighted by molar-refractivity contribution is 7.10. The Morgan fingerprint density at radius 2 is 2.07 bits per heavy atom. The first-order valence-corrected chi connectivity index (χ1v) is 9.75. The molecule has 1 aromatic rings. The van der Waals surface area contributed by atoms with Crippen LogP contribution in [0.25, 0.3) is 0 Å². The lowest BCUT2D eigenvalue weighted by atomic mass is 10.1. The van der Waals surface area contributed by atoms with Crippen LogP contribution in [0.1, 0.15) is 24.8 Å². The molecular weight excluding hydrogens is 386 g/mol. The summed E-state index contributed by atoms with van der Waals surface area (Å²) in [7, 11) is 0. The molecule has 3 atom stereocenters. The standard InChI is InChI=1S/C17H21N5O5S/c1-3-21-9(2)8-22(16(26)15(21)25)17(27)20-12(11-5-4-6-28-11)14(24)19-10-7-18-13(10)23/h4-6,9-10,12H,3,7-8H2,1-2H3,(H,18,23)(H,19,24)(H,20,27). The minimum absolute atomic E-state index is 0.0358. The topological polar surface area (TPSA) is 128 Å². The fourth-order valence-corrected chi connectivity index (χ4v) is 3.87. The number of hydrogen-bond acceptors (Lipinski definition) is 6. The lowest BCUT2D eigenvalue weighted by Crippen LogP contribution is -2.64. The van der Waals surface area contributed by atoms with E-state index >= 15 is 0 Å². The summed E-state index contributed by atoms with van der Waals surface area (Å²) in [6.45, 7) is 4.22. The van der Waals surface area contributed by atoms with Gasteiger partial charge in [-0.15, -0.1) is 11.3 Å². The number of nitrogens with one attached hydrogen (secondary N) is 3. The van der Waals surface area contributed by atoms with Gasteiger partial charge in [-0.1, -0.05) is 6.07 Å². The monoisotopic (exact) mass is 407 g/mol. The van der Waals surface area contributed by atoms with Crippen LogP contribution in [-0.4, -0.2) is 71.2 Å². The van der Waals surface area contributed by atoms with E-state index in [2.05, 4.69) is 16.0 Å². The molecule has 0 saturated carbocycles. The number of carbonyl (C=O) groups excluding carboxylic acids is 5. The van der Waals surface area contributed by atoms with Gasteiger partial charge in [0, 0.05) is 24.0 Å². The van der Waals surface area contributed by atoms with Crippen molar-refractivity contribution in [3.8, 4) is 0 Å². The molecule has 3 unspecified atom stereocenters. The molecule has 0 aliphatic carbocycles. The van der Waals surface area contributed by atoms with Gasteiger partial charge in [-0.2, -0.15) is 0 Å². The Morgan fingerprint density at radius 3 is 2.61 bits per heavy atom. The van der Waals surface area contributed by atoms with Crippen molar-refractivity contribution in [1.29, 1.82) is 0 Å². The molecule has 3 heterocycles. The molecule has 2 fully saturated rings. The number of amides is 6. The van der Waals surface area contributed by atoms with Gasteiger partial charge in [0.2, 0.25) is 11.8 Å². The number of β-lactam (4-membered cyclic amide) rings is 1. The Balaban J connectivity index is 1.74. The minimum atomic E-state index is -1.08. The molecule has 0 spiro atoms. The van der Waals surface area contributed by atoms with E-state index in [0.717, 1.165) is 4.90 Å². The van der Waals surface area contributed by atoms with E-state index in [9.17, 15) is 24.0 Å². The molecule has 28 heavy (non-hydrogen) atoms. The zero-order chi connectivity index (χ0) is 20.4. The number of hydrogen-bond donors (Lipinski definition) is 3. The summed E-state index contributed by atoms with van der Waals surface area (Å²) in [4.78, 5) is 64.0. The van der Waals surface area contributed by atoms with Crippen molar-refractivity contribution >= 4 is 41.0 Å². The number of nitrogens with zero attached hydrogens (tertiary/aromatic N) is 2. The number of carbonyl (C=O) groups is 5. The van der Waals surface area contributed by atoms with Crippen LogP contribution in [0.15, 0.2) is 17.5 Å². The number of rotatable bonds is 5. The van der Waals surface area contributed by atoms with Gasteiger partial charge in [-0.3, -0.25) is 24.1 Å². The molecule has 0 aromatic carbocycles. The maximum atomic E-state index is 12.7. The number of thiophene rings is 1. The second-order valence-corrected chi connectivity index (χ2v) is 7.54. The molecule has 0 radical (unpaired) electrons. The molecule has 2 aliphatic heterocycles. The van der Waals surface area contributed by atoms with Gasteiger partial charge in [0.1, 0.15) is 12.1 Å². The Labute approximate surface area is 165 Å². The average molecular weight is 407 g/mol. The van der Waals surface area contributed by atoms with E-state index in [0.29, 0.717) is 18.0 Å². The second kappa shape index (κ2) is 7.97. The van der Waals surface area contributed by atoms with E-state index in [1.807, 2.05) is 0 Å². The molecule has 11 heteroatoms. The van der Waals surface area contributed by atoms with Crippen molar-refractivity contribution in [3.05, 3.63) is 22.4 Å². The van der Waals surface area contributed by atoms with E-state index < -0.39 is 35.8 Å². The van der Waals surface area contributed by atoms with E-state index in [4.69, 9.17) is 0 Å². The molecule has 2 aliphatic rings. The summed E-state index contributed by atoms with van der Waals surface area (Å²) in [5, 5.41) is 9.36. The number of piperazine rings is 1. The van der Waals surface area contributed by atoms with Gasteiger partial charge >= 0.3 is 17.8 Å². The third-order valence-electron chi connectivity index (χ3n) is 4.72. The second-order valence-electron chi connectivity index (χ2n) is 6.56. The van der Waals surface area contributed by atoms with Crippen molar-refractivity contribution in [1.82, 2.24) is 25.8 Å². The van der Waals surface area contributed by atoms with Crippen molar-refractivity contribution in [2.45, 2.75) is 32.0 Å². The highest BCUT2D eigenvalue weighted by atomic mass is 32.1. The normalized spacial score (nSPS) is 23.0. The van der Waals surface area contributed by atoms with Crippen molar-refractivity contribution in [2.24, 2.45) is 0 Å². The van der Waals surface area contributed by atoms with Crippen molar-refractivity contribution < 1.29 is 24.0 Å². The zero-order valence-corrected chi connectivity index (χ0v) is 16.2. The third kappa shape index (κ3) is 3.70. The van der Waals surface area contributed by atoms with Crippen LogP contribution in [-0.2, 0) is 19.2 Å². The fraction of sp³-hybridized carbons (Fsp3) is 0.471. The summed E-state index contributed by atoms with van der Waals surface area (Å²) in [5.41, 5.74) is 0. The van der Waals surface area contributed by atoms with E-state index in [1.54, 1.807) is 31.4 Å². The highest BCUT2D eigenvalue weighted by Crippen LogP contribution is 2.21. The summed E-state index contributed by atoms with van der Waals surface area (Å²) >= 11 is 1.25. The molecule has 0 bridgehead atoms. The fourth-order valence-electron chi connectivity index (χ4n) is 3.10. The first-order chi connectivity index (χ1) is 13.3. The van der Waals surface area contributed by atoms with Gasteiger partial charge in [0.05, 0.1) is 6.54 Å².